The third-order valence-electron chi connectivity index (χ3n) is 2.26. The largest absolute Gasteiger partial charge is 0.434 e. The van der Waals surface area contributed by atoms with Crippen molar-refractivity contribution in [3.8, 4) is 0 Å². The molecule has 0 aliphatic rings. The second-order valence-corrected chi connectivity index (χ2v) is 4.94. The van der Waals surface area contributed by atoms with E-state index in [0.717, 1.165) is 6.92 Å². The van der Waals surface area contributed by atoms with Crippen molar-refractivity contribution in [2.75, 3.05) is 6.61 Å². The third kappa shape index (κ3) is 5.35. The van der Waals surface area contributed by atoms with Gasteiger partial charge in [0.05, 0.1) is 12.5 Å². The molecule has 2 atom stereocenters. The molecular weight excluding hydrogens is 274 g/mol. The van der Waals surface area contributed by atoms with Gasteiger partial charge in [0.1, 0.15) is 0 Å². The highest BCUT2D eigenvalue weighted by Gasteiger charge is 2.30. The number of rotatable bonds is 6. The average molecular weight is 289 g/mol. The second kappa shape index (κ2) is 6.62. The number of nitrogens with two attached hydrogens (primary N) is 1. The zero-order valence-corrected chi connectivity index (χ0v) is 11.0. The second-order valence-electron chi connectivity index (χ2n) is 3.77. The number of hydrogen-bond acceptors (Lipinski definition) is 6. The topological polar surface area (TPSA) is 116 Å². The number of ether oxygens (including phenoxy) is 1. The first-order chi connectivity index (χ1) is 8.83. The van der Waals surface area contributed by atoms with Crippen LogP contribution in [0, 0.1) is 0 Å². The standard InChI is InChI=1S/C11H15NO6S/c1-8(14)17-11(18-19(12,15)16)10(7-13)9-5-3-2-4-6-9/h2-6,10-11,13H,7H2,1H3,(H2,12,15,16). The summed E-state index contributed by atoms with van der Waals surface area (Å²) in [7, 11) is -4.32. The normalized spacial score (nSPS) is 14.7. The molecule has 0 amide bonds. The molecule has 0 saturated carbocycles. The molecule has 0 saturated heterocycles. The van der Waals surface area contributed by atoms with Gasteiger partial charge in [-0.15, -0.1) is 0 Å². The minimum absolute atomic E-state index is 0.475. The molecule has 0 aromatic heterocycles. The lowest BCUT2D eigenvalue weighted by Gasteiger charge is -2.24. The van der Waals surface area contributed by atoms with Gasteiger partial charge in [-0.05, 0) is 5.56 Å². The molecular formula is C11H15NO6S. The number of carbonyl (C=O) groups is 1. The van der Waals surface area contributed by atoms with E-state index < -0.39 is 35.1 Å². The van der Waals surface area contributed by atoms with Gasteiger partial charge in [0.2, 0.25) is 6.29 Å². The minimum atomic E-state index is -4.32. The summed E-state index contributed by atoms with van der Waals surface area (Å²) >= 11 is 0. The van der Waals surface area contributed by atoms with Crippen LogP contribution in [0.1, 0.15) is 18.4 Å². The maximum absolute atomic E-state index is 11.0. The molecule has 0 heterocycles. The third-order valence-corrected chi connectivity index (χ3v) is 2.72. The fraction of sp³-hybridized carbons (Fsp3) is 0.364. The maximum atomic E-state index is 11.0. The van der Waals surface area contributed by atoms with Gasteiger partial charge in [0, 0.05) is 6.92 Å². The molecule has 106 valence electrons. The predicted octanol–water partition coefficient (Wildman–Crippen LogP) is -0.128. The van der Waals surface area contributed by atoms with Crippen LogP contribution in [0.4, 0.5) is 0 Å². The van der Waals surface area contributed by atoms with Crippen LogP contribution in [-0.4, -0.2) is 32.4 Å². The van der Waals surface area contributed by atoms with Crippen molar-refractivity contribution in [2.45, 2.75) is 19.1 Å². The van der Waals surface area contributed by atoms with E-state index in [-0.39, 0.29) is 0 Å². The summed E-state index contributed by atoms with van der Waals surface area (Å²) in [5.41, 5.74) is 0.555. The summed E-state index contributed by atoms with van der Waals surface area (Å²) in [6, 6.07) is 8.42. The molecule has 0 aliphatic heterocycles. The van der Waals surface area contributed by atoms with Gasteiger partial charge in [-0.25, -0.2) is 9.32 Å². The summed E-state index contributed by atoms with van der Waals surface area (Å²) in [5.74, 6) is -1.61. The van der Waals surface area contributed by atoms with Crippen LogP contribution in [0.25, 0.3) is 0 Å². The molecule has 7 nitrogen and oxygen atoms in total. The lowest BCUT2D eigenvalue weighted by atomic mass is 10.00. The molecule has 3 N–H and O–H groups in total. The van der Waals surface area contributed by atoms with Crippen LogP contribution in [0.15, 0.2) is 30.3 Å². The van der Waals surface area contributed by atoms with Crippen LogP contribution in [0.2, 0.25) is 0 Å². The quantitative estimate of drug-likeness (QED) is 0.556. The summed E-state index contributed by atoms with van der Waals surface area (Å²) in [6.45, 7) is 0.621. The highest BCUT2D eigenvalue weighted by atomic mass is 32.2. The first-order valence-electron chi connectivity index (χ1n) is 5.37. The van der Waals surface area contributed by atoms with Crippen LogP contribution in [0.3, 0.4) is 0 Å². The summed E-state index contributed by atoms with van der Waals surface area (Å²) in [5, 5.41) is 14.1. The predicted molar refractivity (Wildman–Crippen MR) is 66.0 cm³/mol. The molecule has 1 rings (SSSR count). The highest BCUT2D eigenvalue weighted by molar-refractivity contribution is 7.84. The van der Waals surface area contributed by atoms with E-state index in [1.807, 2.05) is 0 Å². The van der Waals surface area contributed by atoms with Gasteiger partial charge < -0.3 is 9.84 Å². The molecule has 1 aromatic rings. The van der Waals surface area contributed by atoms with Crippen molar-refractivity contribution in [1.29, 1.82) is 0 Å². The number of hydrogen-bond donors (Lipinski definition) is 2. The van der Waals surface area contributed by atoms with Gasteiger partial charge in [0.25, 0.3) is 0 Å². The Balaban J connectivity index is 3.02. The Bertz CT molecular complexity index is 515. The van der Waals surface area contributed by atoms with Crippen molar-refractivity contribution in [3.63, 3.8) is 0 Å². The Morgan fingerprint density at radius 2 is 1.95 bits per heavy atom. The van der Waals surface area contributed by atoms with E-state index in [9.17, 15) is 18.3 Å². The van der Waals surface area contributed by atoms with E-state index in [1.165, 1.54) is 0 Å². The molecule has 0 bridgehead atoms. The number of aliphatic hydroxyl groups excluding tert-OH is 1. The van der Waals surface area contributed by atoms with Crippen LogP contribution >= 0.6 is 0 Å². The van der Waals surface area contributed by atoms with Crippen molar-refractivity contribution in [3.05, 3.63) is 35.9 Å². The molecule has 2 unspecified atom stereocenters. The van der Waals surface area contributed by atoms with E-state index >= 15 is 0 Å². The summed E-state index contributed by atoms with van der Waals surface area (Å²) in [4.78, 5) is 11.0. The zero-order chi connectivity index (χ0) is 14.5. The maximum Gasteiger partial charge on any atom is 0.336 e. The highest BCUT2D eigenvalue weighted by Crippen LogP contribution is 2.23. The minimum Gasteiger partial charge on any atom is -0.434 e. The average Bonchev–Trinajstić information content (AvgIpc) is 2.28. The Morgan fingerprint density at radius 3 is 2.37 bits per heavy atom. The molecule has 8 heteroatoms. The van der Waals surface area contributed by atoms with Crippen molar-refractivity contribution in [1.82, 2.24) is 0 Å². The smallest absolute Gasteiger partial charge is 0.336 e. The molecule has 0 spiro atoms. The van der Waals surface area contributed by atoms with Gasteiger partial charge in [0.15, 0.2) is 0 Å². The molecule has 0 fully saturated rings. The summed E-state index contributed by atoms with van der Waals surface area (Å²) in [6.07, 6.45) is -1.51. The fourth-order valence-electron chi connectivity index (χ4n) is 1.51. The molecule has 1 aromatic carbocycles. The van der Waals surface area contributed by atoms with E-state index in [1.54, 1.807) is 30.3 Å². The number of carbonyl (C=O) groups excluding carboxylic acids is 1. The van der Waals surface area contributed by atoms with E-state index in [4.69, 9.17) is 9.88 Å². The Labute approximate surface area is 111 Å². The van der Waals surface area contributed by atoms with Gasteiger partial charge in [-0.2, -0.15) is 8.42 Å². The number of benzene rings is 1. The first kappa shape index (κ1) is 15.6. The van der Waals surface area contributed by atoms with Crippen molar-refractivity contribution >= 4 is 16.3 Å². The van der Waals surface area contributed by atoms with E-state index in [2.05, 4.69) is 4.18 Å². The first-order valence-corrected chi connectivity index (χ1v) is 6.84. The van der Waals surface area contributed by atoms with Crippen molar-refractivity contribution < 1.29 is 27.2 Å². The Hall–Kier alpha value is -1.48. The molecule has 19 heavy (non-hydrogen) atoms. The van der Waals surface area contributed by atoms with Crippen LogP contribution < -0.4 is 5.14 Å². The Morgan fingerprint density at radius 1 is 1.37 bits per heavy atom. The van der Waals surface area contributed by atoms with Crippen LogP contribution in [-0.2, 0) is 24.0 Å². The van der Waals surface area contributed by atoms with E-state index in [0.29, 0.717) is 5.56 Å². The lowest BCUT2D eigenvalue weighted by molar-refractivity contribution is -0.164. The summed E-state index contributed by atoms with van der Waals surface area (Å²) < 4.78 is 31.2. The zero-order valence-electron chi connectivity index (χ0n) is 10.2. The van der Waals surface area contributed by atoms with Gasteiger partial charge in [-0.1, -0.05) is 30.3 Å². The van der Waals surface area contributed by atoms with Crippen LogP contribution in [0.5, 0.6) is 0 Å². The SMILES string of the molecule is CC(=O)OC(OS(N)(=O)=O)C(CO)c1ccccc1. The lowest BCUT2D eigenvalue weighted by Crippen LogP contribution is -2.34. The Kier molecular flexibility index (Phi) is 5.43. The van der Waals surface area contributed by atoms with Gasteiger partial charge >= 0.3 is 16.3 Å². The molecule has 0 radical (unpaired) electrons. The monoisotopic (exact) mass is 289 g/mol. The fourth-order valence-corrected chi connectivity index (χ4v) is 1.95. The van der Waals surface area contributed by atoms with Crippen molar-refractivity contribution in [2.24, 2.45) is 5.14 Å². The van der Waals surface area contributed by atoms with Gasteiger partial charge in [-0.3, -0.25) is 4.79 Å². The molecule has 0 aliphatic carbocycles. The number of esters is 1. The number of aliphatic hydroxyl groups is 1.